The molecule has 0 aliphatic heterocycles. The Labute approximate surface area is 67.8 Å². The van der Waals surface area contributed by atoms with Crippen LogP contribution in [-0.4, -0.2) is 12.6 Å². The molecule has 0 saturated carbocycles. The number of aliphatic imine (C=N–C) groups is 1. The largest absolute Gasteiger partial charge is 0.384 e. The lowest BCUT2D eigenvalue weighted by atomic mass is 10.3. The summed E-state index contributed by atoms with van der Waals surface area (Å²) < 4.78 is 0. The van der Waals surface area contributed by atoms with E-state index in [1.165, 1.54) is 0 Å². The molecule has 11 heavy (non-hydrogen) atoms. The first-order valence-corrected chi connectivity index (χ1v) is 3.14. The average molecular weight is 153 g/mol. The maximum absolute atomic E-state index is 5.50. The van der Waals surface area contributed by atoms with Gasteiger partial charge < -0.3 is 11.1 Å². The monoisotopic (exact) mass is 153 g/mol. The Bertz CT molecular complexity index is 168. The molecule has 0 amide bonds. The van der Waals surface area contributed by atoms with Crippen LogP contribution in [0.5, 0.6) is 0 Å². The highest BCUT2D eigenvalue weighted by atomic mass is 14.8. The van der Waals surface area contributed by atoms with Crippen molar-refractivity contribution in [3.63, 3.8) is 0 Å². The Morgan fingerprint density at radius 3 is 2.27 bits per heavy atom. The van der Waals surface area contributed by atoms with Crippen molar-refractivity contribution in [2.24, 2.45) is 10.7 Å². The van der Waals surface area contributed by atoms with E-state index in [1.54, 1.807) is 6.20 Å². The predicted molar refractivity (Wildman–Crippen MR) is 51.1 cm³/mol. The second-order valence-corrected chi connectivity index (χ2v) is 1.78. The van der Waals surface area contributed by atoms with E-state index in [1.807, 2.05) is 19.9 Å². The highest BCUT2D eigenvalue weighted by Crippen LogP contribution is 1.86. The zero-order valence-electron chi connectivity index (χ0n) is 7.09. The normalized spacial score (nSPS) is 10.5. The van der Waals surface area contributed by atoms with Gasteiger partial charge in [0, 0.05) is 6.20 Å². The number of nitrogens with zero attached hydrogens (tertiary/aromatic N) is 1. The molecule has 3 N–H and O–H groups in total. The summed E-state index contributed by atoms with van der Waals surface area (Å²) in [6.45, 7) is 9.82. The van der Waals surface area contributed by atoms with Crippen LogP contribution in [0, 0.1) is 5.41 Å². The van der Waals surface area contributed by atoms with Crippen LogP contribution < -0.4 is 5.73 Å². The Morgan fingerprint density at radius 1 is 1.55 bits per heavy atom. The minimum absolute atomic E-state index is 0.494. The maximum atomic E-state index is 5.50. The summed E-state index contributed by atoms with van der Waals surface area (Å²) in [5, 5.41) is 5.50. The first kappa shape index (κ1) is 12.3. The standard InChI is InChI=1S/C7H12N2.CH3N/c1-4-5-9-7(8)6(2)3;1-2/h4-5H,2H2,1,3H3,(H2,8,9);2H,1H2/b5-4-;. The molecule has 0 atom stereocenters. The van der Waals surface area contributed by atoms with Crippen molar-refractivity contribution in [2.75, 3.05) is 0 Å². The second-order valence-electron chi connectivity index (χ2n) is 1.78. The molecule has 0 heterocycles. The molecule has 0 aliphatic rings. The van der Waals surface area contributed by atoms with E-state index in [4.69, 9.17) is 11.1 Å². The summed E-state index contributed by atoms with van der Waals surface area (Å²) in [5.74, 6) is 0.494. The van der Waals surface area contributed by atoms with E-state index >= 15 is 0 Å². The van der Waals surface area contributed by atoms with Gasteiger partial charge in [-0.1, -0.05) is 12.7 Å². The van der Waals surface area contributed by atoms with Crippen LogP contribution in [0.2, 0.25) is 0 Å². The lowest BCUT2D eigenvalue weighted by molar-refractivity contribution is 1.43. The van der Waals surface area contributed by atoms with Crippen molar-refractivity contribution in [2.45, 2.75) is 13.8 Å². The van der Waals surface area contributed by atoms with Crippen molar-refractivity contribution in [3.05, 3.63) is 24.4 Å². The Balaban J connectivity index is 0. The second kappa shape index (κ2) is 8.62. The average Bonchev–Trinajstić information content (AvgIpc) is 2.03. The summed E-state index contributed by atoms with van der Waals surface area (Å²) in [7, 11) is 0. The van der Waals surface area contributed by atoms with Gasteiger partial charge in [-0.2, -0.15) is 0 Å². The van der Waals surface area contributed by atoms with Gasteiger partial charge in [0.25, 0.3) is 0 Å². The van der Waals surface area contributed by atoms with Crippen LogP contribution in [0.1, 0.15) is 13.8 Å². The van der Waals surface area contributed by atoms with Crippen LogP contribution in [-0.2, 0) is 0 Å². The molecule has 0 saturated heterocycles. The zero-order valence-corrected chi connectivity index (χ0v) is 7.09. The molecule has 62 valence electrons. The number of nitrogens with two attached hydrogens (primary N) is 1. The molecule has 0 spiro atoms. The van der Waals surface area contributed by atoms with Gasteiger partial charge in [-0.3, -0.25) is 0 Å². The molecule has 0 bridgehead atoms. The highest BCUT2D eigenvalue weighted by molar-refractivity contribution is 5.96. The number of amidine groups is 1. The number of rotatable bonds is 2. The third-order valence-corrected chi connectivity index (χ3v) is 0.800. The Kier molecular flexibility index (Phi) is 9.65. The van der Waals surface area contributed by atoms with Gasteiger partial charge in [-0.15, -0.1) is 0 Å². The van der Waals surface area contributed by atoms with E-state index in [0.717, 1.165) is 5.57 Å². The third kappa shape index (κ3) is 8.62. The van der Waals surface area contributed by atoms with Gasteiger partial charge in [0.15, 0.2) is 0 Å². The molecule has 0 aromatic heterocycles. The van der Waals surface area contributed by atoms with Crippen LogP contribution in [0.25, 0.3) is 0 Å². The number of allylic oxidation sites excluding steroid dienone is 1. The van der Waals surface area contributed by atoms with Crippen LogP contribution in [0.4, 0.5) is 0 Å². The molecule has 0 unspecified atom stereocenters. The molecule has 0 aromatic carbocycles. The smallest absolute Gasteiger partial charge is 0.125 e. The minimum atomic E-state index is 0.494. The predicted octanol–water partition coefficient (Wildman–Crippen LogP) is 1.72. The third-order valence-electron chi connectivity index (χ3n) is 0.800. The molecule has 0 aromatic rings. The summed E-state index contributed by atoms with van der Waals surface area (Å²) in [6, 6.07) is 0. The van der Waals surface area contributed by atoms with Crippen LogP contribution in [0.15, 0.2) is 29.4 Å². The summed E-state index contributed by atoms with van der Waals surface area (Å²) in [4.78, 5) is 3.86. The first-order chi connectivity index (χ1) is 5.18. The van der Waals surface area contributed by atoms with E-state index in [0.29, 0.717) is 5.84 Å². The number of hydrogen-bond acceptors (Lipinski definition) is 2. The van der Waals surface area contributed by atoms with Crippen molar-refractivity contribution >= 4 is 12.6 Å². The van der Waals surface area contributed by atoms with E-state index in [9.17, 15) is 0 Å². The van der Waals surface area contributed by atoms with Gasteiger partial charge in [0.1, 0.15) is 5.84 Å². The Hall–Kier alpha value is -1.38. The molecule has 0 aliphatic carbocycles. The van der Waals surface area contributed by atoms with Crippen molar-refractivity contribution in [1.82, 2.24) is 0 Å². The SMILES string of the molecule is C=C(C)C(N)=N/C=C\C.C=N. The fraction of sp³-hybridized carbons (Fsp3) is 0.250. The van der Waals surface area contributed by atoms with Crippen molar-refractivity contribution < 1.29 is 0 Å². The van der Waals surface area contributed by atoms with Crippen molar-refractivity contribution in [1.29, 1.82) is 5.41 Å². The lowest BCUT2D eigenvalue weighted by Crippen LogP contribution is -2.10. The number of nitrogens with one attached hydrogen (secondary N) is 1. The van der Waals surface area contributed by atoms with Gasteiger partial charge in [-0.25, -0.2) is 4.99 Å². The molecule has 3 heteroatoms. The fourth-order valence-corrected chi connectivity index (χ4v) is 0.265. The highest BCUT2D eigenvalue weighted by Gasteiger charge is 1.86. The van der Waals surface area contributed by atoms with Gasteiger partial charge >= 0.3 is 0 Å². The van der Waals surface area contributed by atoms with E-state index in [2.05, 4.69) is 18.3 Å². The molecular weight excluding hydrogens is 138 g/mol. The molecule has 0 radical (unpaired) electrons. The summed E-state index contributed by atoms with van der Waals surface area (Å²) >= 11 is 0. The molecule has 0 rings (SSSR count). The van der Waals surface area contributed by atoms with Crippen molar-refractivity contribution in [3.8, 4) is 0 Å². The maximum Gasteiger partial charge on any atom is 0.125 e. The van der Waals surface area contributed by atoms with Gasteiger partial charge in [0.05, 0.1) is 0 Å². The molecular formula is C8H15N3. The Morgan fingerprint density at radius 2 is 2.00 bits per heavy atom. The quantitative estimate of drug-likeness (QED) is 0.460. The van der Waals surface area contributed by atoms with Gasteiger partial charge in [0.2, 0.25) is 0 Å². The van der Waals surface area contributed by atoms with Gasteiger partial charge in [-0.05, 0) is 26.1 Å². The molecule has 0 fully saturated rings. The van der Waals surface area contributed by atoms with E-state index in [-0.39, 0.29) is 0 Å². The van der Waals surface area contributed by atoms with E-state index < -0.39 is 0 Å². The van der Waals surface area contributed by atoms with Crippen LogP contribution in [0.3, 0.4) is 0 Å². The summed E-state index contributed by atoms with van der Waals surface area (Å²) in [6.07, 6.45) is 3.46. The van der Waals surface area contributed by atoms with Crippen LogP contribution >= 0.6 is 0 Å². The zero-order chi connectivity index (χ0) is 9.28. The minimum Gasteiger partial charge on any atom is -0.384 e. The number of hydrogen-bond donors (Lipinski definition) is 2. The fourth-order valence-electron chi connectivity index (χ4n) is 0.265. The molecule has 3 nitrogen and oxygen atoms in total. The summed E-state index contributed by atoms with van der Waals surface area (Å²) in [5.41, 5.74) is 6.20. The topological polar surface area (TPSA) is 62.2 Å². The lowest BCUT2D eigenvalue weighted by Gasteiger charge is -1.92. The first-order valence-electron chi connectivity index (χ1n) is 3.14.